The van der Waals surface area contributed by atoms with Crippen molar-refractivity contribution in [3.8, 4) is 0 Å². The Bertz CT molecular complexity index is 639. The number of hydrogen-bond donors (Lipinski definition) is 1. The summed E-state index contributed by atoms with van der Waals surface area (Å²) in [6, 6.07) is 13.2. The van der Waals surface area contributed by atoms with E-state index in [1.54, 1.807) is 0 Å². The summed E-state index contributed by atoms with van der Waals surface area (Å²) in [5.74, 6) is 0. The predicted octanol–water partition coefficient (Wildman–Crippen LogP) is 5.38. The maximum Gasteiger partial charge on any atom is 0.0637 e. The van der Waals surface area contributed by atoms with Crippen molar-refractivity contribution in [2.75, 3.05) is 5.32 Å². The van der Waals surface area contributed by atoms with Crippen molar-refractivity contribution < 1.29 is 0 Å². The van der Waals surface area contributed by atoms with Gasteiger partial charge < -0.3 is 5.32 Å². The Balaban J connectivity index is 1.77. The molecular weight excluding hydrogens is 334 g/mol. The van der Waals surface area contributed by atoms with Crippen molar-refractivity contribution in [3.05, 3.63) is 62.6 Å². The summed E-state index contributed by atoms with van der Waals surface area (Å²) in [4.78, 5) is 0. The smallest absolute Gasteiger partial charge is 0.0637 e. The Morgan fingerprint density at radius 2 is 2.00 bits per heavy atom. The van der Waals surface area contributed by atoms with Crippen molar-refractivity contribution in [2.45, 2.75) is 32.2 Å². The maximum absolute atomic E-state index is 6.27. The van der Waals surface area contributed by atoms with E-state index >= 15 is 0 Å². The van der Waals surface area contributed by atoms with Crippen molar-refractivity contribution in [2.24, 2.45) is 0 Å². The van der Waals surface area contributed by atoms with Crippen LogP contribution in [0, 0.1) is 6.92 Å². The molecule has 1 unspecified atom stereocenters. The van der Waals surface area contributed by atoms with Gasteiger partial charge >= 0.3 is 0 Å². The number of anilines is 1. The number of halogens is 2. The van der Waals surface area contributed by atoms with Crippen LogP contribution in [0.2, 0.25) is 5.02 Å². The molecule has 1 aliphatic carbocycles. The van der Waals surface area contributed by atoms with Gasteiger partial charge in [-0.05, 0) is 67.1 Å². The molecule has 2 aromatic rings. The highest BCUT2D eigenvalue weighted by Crippen LogP contribution is 2.29. The fourth-order valence-corrected chi connectivity index (χ4v) is 3.40. The third kappa shape index (κ3) is 3.02. The fraction of sp³-hybridized carbons (Fsp3) is 0.294. The number of fused-ring (bicyclic) bond motifs is 1. The van der Waals surface area contributed by atoms with E-state index in [0.717, 1.165) is 30.0 Å². The lowest BCUT2D eigenvalue weighted by Gasteiger charge is -2.27. The second kappa shape index (κ2) is 5.79. The highest BCUT2D eigenvalue weighted by Gasteiger charge is 2.19. The largest absolute Gasteiger partial charge is 0.381 e. The molecule has 1 nitrogen and oxygen atoms in total. The maximum atomic E-state index is 6.27. The molecule has 104 valence electrons. The van der Waals surface area contributed by atoms with E-state index in [1.807, 2.05) is 12.1 Å². The first kappa shape index (κ1) is 14.0. The molecule has 3 heteroatoms. The minimum Gasteiger partial charge on any atom is -0.381 e. The second-order valence-electron chi connectivity index (χ2n) is 5.48. The molecule has 0 heterocycles. The molecule has 1 aliphatic rings. The number of hydrogen-bond acceptors (Lipinski definition) is 1. The van der Waals surface area contributed by atoms with Crippen LogP contribution in [0.5, 0.6) is 0 Å². The zero-order valence-corrected chi connectivity index (χ0v) is 13.8. The summed E-state index contributed by atoms with van der Waals surface area (Å²) < 4.78 is 1.17. The molecule has 0 spiro atoms. The first-order chi connectivity index (χ1) is 9.61. The van der Waals surface area contributed by atoms with E-state index < -0.39 is 0 Å². The van der Waals surface area contributed by atoms with Gasteiger partial charge in [0, 0.05) is 10.5 Å². The van der Waals surface area contributed by atoms with E-state index in [0.29, 0.717) is 6.04 Å². The monoisotopic (exact) mass is 349 g/mol. The SMILES string of the molecule is Cc1ccc(Cl)c(NC2CCc3cc(Br)ccc3C2)c1. The Hall–Kier alpha value is -0.990. The third-order valence-corrected chi connectivity index (χ3v) is 4.70. The van der Waals surface area contributed by atoms with Crippen molar-refractivity contribution in [3.63, 3.8) is 0 Å². The lowest BCUT2D eigenvalue weighted by Crippen LogP contribution is -2.27. The Labute approximate surface area is 133 Å². The summed E-state index contributed by atoms with van der Waals surface area (Å²) in [5, 5.41) is 4.40. The normalized spacial score (nSPS) is 17.6. The summed E-state index contributed by atoms with van der Waals surface area (Å²) in [6.45, 7) is 2.09. The average Bonchev–Trinajstić information content (AvgIpc) is 2.43. The minimum atomic E-state index is 0.461. The molecule has 0 bridgehead atoms. The molecule has 0 saturated heterocycles. The summed E-state index contributed by atoms with van der Waals surface area (Å²) in [7, 11) is 0. The zero-order valence-electron chi connectivity index (χ0n) is 11.4. The lowest BCUT2D eigenvalue weighted by molar-refractivity contribution is 0.610. The van der Waals surface area contributed by atoms with Gasteiger partial charge in [-0.1, -0.05) is 39.7 Å². The van der Waals surface area contributed by atoms with Gasteiger partial charge in [0.1, 0.15) is 0 Å². The van der Waals surface area contributed by atoms with Crippen molar-refractivity contribution in [1.29, 1.82) is 0 Å². The summed E-state index contributed by atoms with van der Waals surface area (Å²) >= 11 is 9.81. The third-order valence-electron chi connectivity index (χ3n) is 3.88. The predicted molar refractivity (Wildman–Crippen MR) is 89.8 cm³/mol. The van der Waals surface area contributed by atoms with Crippen LogP contribution < -0.4 is 5.32 Å². The molecule has 3 rings (SSSR count). The van der Waals surface area contributed by atoms with Crippen LogP contribution in [0.4, 0.5) is 5.69 Å². The van der Waals surface area contributed by atoms with E-state index in [2.05, 4.69) is 52.4 Å². The molecule has 0 amide bonds. The van der Waals surface area contributed by atoms with E-state index in [1.165, 1.54) is 21.2 Å². The fourth-order valence-electron chi connectivity index (χ4n) is 2.82. The molecule has 20 heavy (non-hydrogen) atoms. The quantitative estimate of drug-likeness (QED) is 0.766. The molecule has 0 radical (unpaired) electrons. The molecule has 0 aliphatic heterocycles. The van der Waals surface area contributed by atoms with Crippen LogP contribution in [0.25, 0.3) is 0 Å². The van der Waals surface area contributed by atoms with Gasteiger partial charge in [-0.15, -0.1) is 0 Å². The molecule has 1 N–H and O–H groups in total. The second-order valence-corrected chi connectivity index (χ2v) is 6.80. The first-order valence-electron chi connectivity index (χ1n) is 6.92. The van der Waals surface area contributed by atoms with Gasteiger partial charge in [0.25, 0.3) is 0 Å². The minimum absolute atomic E-state index is 0.461. The van der Waals surface area contributed by atoms with Gasteiger partial charge in [0.15, 0.2) is 0 Å². The van der Waals surface area contributed by atoms with Crippen LogP contribution in [0.15, 0.2) is 40.9 Å². The highest BCUT2D eigenvalue weighted by molar-refractivity contribution is 9.10. The van der Waals surface area contributed by atoms with Crippen LogP contribution >= 0.6 is 27.5 Å². The molecule has 0 saturated carbocycles. The van der Waals surface area contributed by atoms with Gasteiger partial charge in [-0.25, -0.2) is 0 Å². The first-order valence-corrected chi connectivity index (χ1v) is 8.09. The van der Waals surface area contributed by atoms with Crippen LogP contribution in [0.1, 0.15) is 23.1 Å². The molecule has 2 aromatic carbocycles. The van der Waals surface area contributed by atoms with E-state index in [-0.39, 0.29) is 0 Å². The standard InChI is InChI=1S/C17H17BrClN/c1-11-2-7-16(19)17(8-11)20-15-6-4-12-9-14(18)5-3-13(12)10-15/h2-3,5,7-9,15,20H,4,6,10H2,1H3. The lowest BCUT2D eigenvalue weighted by atomic mass is 9.88. The molecule has 0 aromatic heterocycles. The Morgan fingerprint density at radius 1 is 1.15 bits per heavy atom. The van der Waals surface area contributed by atoms with E-state index in [4.69, 9.17) is 11.6 Å². The Morgan fingerprint density at radius 3 is 2.85 bits per heavy atom. The van der Waals surface area contributed by atoms with Gasteiger partial charge in [0.05, 0.1) is 10.7 Å². The van der Waals surface area contributed by atoms with Gasteiger partial charge in [0.2, 0.25) is 0 Å². The topological polar surface area (TPSA) is 12.0 Å². The van der Waals surface area contributed by atoms with Crippen molar-refractivity contribution >= 4 is 33.2 Å². The van der Waals surface area contributed by atoms with Gasteiger partial charge in [-0.3, -0.25) is 0 Å². The van der Waals surface area contributed by atoms with Gasteiger partial charge in [-0.2, -0.15) is 0 Å². The number of benzene rings is 2. The molecule has 1 atom stereocenters. The molecule has 0 fully saturated rings. The van der Waals surface area contributed by atoms with Crippen LogP contribution in [0.3, 0.4) is 0 Å². The number of nitrogens with one attached hydrogen (secondary N) is 1. The Kier molecular flexibility index (Phi) is 4.04. The van der Waals surface area contributed by atoms with Crippen molar-refractivity contribution in [1.82, 2.24) is 0 Å². The average molecular weight is 351 g/mol. The number of rotatable bonds is 2. The molecular formula is C17H17BrClN. The summed E-state index contributed by atoms with van der Waals surface area (Å²) in [6.07, 6.45) is 3.33. The van der Waals surface area contributed by atoms with Crippen LogP contribution in [-0.2, 0) is 12.8 Å². The number of aryl methyl sites for hydroxylation is 2. The zero-order chi connectivity index (χ0) is 14.1. The van der Waals surface area contributed by atoms with E-state index in [9.17, 15) is 0 Å². The van der Waals surface area contributed by atoms with Crippen LogP contribution in [-0.4, -0.2) is 6.04 Å². The summed E-state index contributed by atoms with van der Waals surface area (Å²) in [5.41, 5.74) is 5.20. The highest BCUT2D eigenvalue weighted by atomic mass is 79.9.